The molecule has 1 aliphatic rings. The lowest BCUT2D eigenvalue weighted by atomic mass is 10.1. The van der Waals surface area contributed by atoms with Gasteiger partial charge in [-0.05, 0) is 13.0 Å². The minimum atomic E-state index is -1.06. The van der Waals surface area contributed by atoms with Gasteiger partial charge < -0.3 is 19.4 Å². The van der Waals surface area contributed by atoms with Crippen LogP contribution in [-0.4, -0.2) is 53.5 Å². The second-order valence-electron chi connectivity index (χ2n) is 4.38. The Labute approximate surface area is 105 Å². The lowest BCUT2D eigenvalue weighted by molar-refractivity contribution is -0.0314. The van der Waals surface area contributed by atoms with E-state index in [0.29, 0.717) is 25.5 Å². The molecule has 2 rings (SSSR count). The largest absolute Gasteiger partial charge is 0.475 e. The Kier molecular flexibility index (Phi) is 4.00. The summed E-state index contributed by atoms with van der Waals surface area (Å²) in [5.41, 5.74) is 0.841. The molecule has 6 nitrogen and oxygen atoms in total. The predicted octanol–water partition coefficient (Wildman–Crippen LogP) is 0.479. The van der Waals surface area contributed by atoms with Crippen molar-refractivity contribution in [3.8, 4) is 0 Å². The number of aryl methyl sites for hydroxylation is 1. The highest BCUT2D eigenvalue weighted by Gasteiger charge is 2.24. The number of ether oxygens (including phenoxy) is 1. The summed E-state index contributed by atoms with van der Waals surface area (Å²) in [5, 5.41) is 18.1. The average molecular weight is 255 g/mol. The summed E-state index contributed by atoms with van der Waals surface area (Å²) < 4.78 is 10.5. The first-order chi connectivity index (χ1) is 8.61. The Morgan fingerprint density at radius 3 is 3.00 bits per heavy atom. The number of rotatable bonds is 4. The van der Waals surface area contributed by atoms with Crippen LogP contribution in [0.5, 0.6) is 0 Å². The SMILES string of the molecule is Cc1oc(C(=O)O)cc1CN1CCOCC1CO. The van der Waals surface area contributed by atoms with Crippen molar-refractivity contribution in [1.82, 2.24) is 4.90 Å². The van der Waals surface area contributed by atoms with Gasteiger partial charge in [0.15, 0.2) is 0 Å². The number of nitrogens with zero attached hydrogens (tertiary/aromatic N) is 1. The van der Waals surface area contributed by atoms with E-state index < -0.39 is 5.97 Å². The van der Waals surface area contributed by atoms with Crippen molar-refractivity contribution in [1.29, 1.82) is 0 Å². The second kappa shape index (κ2) is 5.51. The number of hydrogen-bond donors (Lipinski definition) is 2. The van der Waals surface area contributed by atoms with Crippen LogP contribution in [0.3, 0.4) is 0 Å². The molecule has 0 bridgehead atoms. The zero-order valence-corrected chi connectivity index (χ0v) is 10.3. The summed E-state index contributed by atoms with van der Waals surface area (Å²) in [6, 6.07) is 1.50. The lowest BCUT2D eigenvalue weighted by Crippen LogP contribution is -2.46. The molecule has 18 heavy (non-hydrogen) atoms. The smallest absolute Gasteiger partial charge is 0.371 e. The quantitative estimate of drug-likeness (QED) is 0.814. The topological polar surface area (TPSA) is 83.1 Å². The van der Waals surface area contributed by atoms with Gasteiger partial charge in [-0.3, -0.25) is 4.90 Å². The first kappa shape index (κ1) is 13.1. The number of carboxylic acid groups (broad SMARTS) is 1. The Bertz CT molecular complexity index is 428. The zero-order valence-electron chi connectivity index (χ0n) is 10.3. The molecule has 6 heteroatoms. The Balaban J connectivity index is 2.10. The third kappa shape index (κ3) is 2.72. The molecule has 0 radical (unpaired) electrons. The van der Waals surface area contributed by atoms with Crippen molar-refractivity contribution < 1.29 is 24.2 Å². The normalized spacial score (nSPS) is 21.1. The van der Waals surface area contributed by atoms with E-state index in [-0.39, 0.29) is 18.4 Å². The van der Waals surface area contributed by atoms with Gasteiger partial charge in [0.2, 0.25) is 5.76 Å². The van der Waals surface area contributed by atoms with Crippen molar-refractivity contribution in [2.45, 2.75) is 19.5 Å². The van der Waals surface area contributed by atoms with E-state index in [0.717, 1.165) is 12.1 Å². The number of aliphatic hydroxyl groups excluding tert-OH is 1. The minimum Gasteiger partial charge on any atom is -0.475 e. The maximum absolute atomic E-state index is 10.8. The van der Waals surface area contributed by atoms with Crippen molar-refractivity contribution >= 4 is 5.97 Å². The van der Waals surface area contributed by atoms with Gasteiger partial charge in [-0.2, -0.15) is 0 Å². The molecule has 1 unspecified atom stereocenters. The standard InChI is InChI=1S/C12H17NO5/c1-8-9(4-11(18-8)12(15)16)5-13-2-3-17-7-10(13)6-14/h4,10,14H,2-3,5-7H2,1H3,(H,15,16). The van der Waals surface area contributed by atoms with Crippen LogP contribution in [0.25, 0.3) is 0 Å². The first-order valence-electron chi connectivity index (χ1n) is 5.87. The number of furan rings is 1. The molecule has 1 aromatic heterocycles. The fourth-order valence-corrected chi connectivity index (χ4v) is 2.07. The maximum Gasteiger partial charge on any atom is 0.371 e. The maximum atomic E-state index is 10.8. The van der Waals surface area contributed by atoms with E-state index >= 15 is 0 Å². The Hall–Kier alpha value is -1.37. The van der Waals surface area contributed by atoms with Crippen LogP contribution in [0.1, 0.15) is 21.9 Å². The minimum absolute atomic E-state index is 0.0304. The van der Waals surface area contributed by atoms with Crippen LogP contribution >= 0.6 is 0 Å². The van der Waals surface area contributed by atoms with Crippen LogP contribution in [0, 0.1) is 6.92 Å². The lowest BCUT2D eigenvalue weighted by Gasteiger charge is -2.34. The molecular weight excluding hydrogens is 238 g/mol. The van der Waals surface area contributed by atoms with Crippen LogP contribution in [-0.2, 0) is 11.3 Å². The zero-order chi connectivity index (χ0) is 13.1. The molecule has 1 aromatic rings. The van der Waals surface area contributed by atoms with Crippen LogP contribution in [0.2, 0.25) is 0 Å². The molecule has 0 saturated carbocycles. The molecule has 2 heterocycles. The Morgan fingerprint density at radius 1 is 1.61 bits per heavy atom. The van der Waals surface area contributed by atoms with Gasteiger partial charge in [-0.15, -0.1) is 0 Å². The Morgan fingerprint density at radius 2 is 2.39 bits per heavy atom. The summed E-state index contributed by atoms with van der Waals surface area (Å²) in [6.07, 6.45) is 0. The summed E-state index contributed by atoms with van der Waals surface area (Å²) >= 11 is 0. The average Bonchev–Trinajstić information content (AvgIpc) is 2.72. The highest BCUT2D eigenvalue weighted by molar-refractivity contribution is 5.84. The van der Waals surface area contributed by atoms with Gasteiger partial charge in [0, 0.05) is 18.7 Å². The van der Waals surface area contributed by atoms with Gasteiger partial charge in [0.25, 0.3) is 0 Å². The highest BCUT2D eigenvalue weighted by atomic mass is 16.5. The first-order valence-corrected chi connectivity index (χ1v) is 5.87. The van der Waals surface area contributed by atoms with E-state index in [1.54, 1.807) is 13.0 Å². The predicted molar refractivity (Wildman–Crippen MR) is 62.5 cm³/mol. The fraction of sp³-hybridized carbons (Fsp3) is 0.583. The van der Waals surface area contributed by atoms with Gasteiger partial charge in [-0.1, -0.05) is 0 Å². The molecule has 1 fully saturated rings. The van der Waals surface area contributed by atoms with E-state index in [2.05, 4.69) is 4.90 Å². The van der Waals surface area contributed by atoms with Gasteiger partial charge in [-0.25, -0.2) is 4.79 Å². The molecular formula is C12H17NO5. The van der Waals surface area contributed by atoms with E-state index in [9.17, 15) is 9.90 Å². The van der Waals surface area contributed by atoms with E-state index in [4.69, 9.17) is 14.3 Å². The van der Waals surface area contributed by atoms with Crippen molar-refractivity contribution in [2.75, 3.05) is 26.4 Å². The number of aliphatic hydroxyl groups is 1. The third-order valence-corrected chi connectivity index (χ3v) is 3.17. The van der Waals surface area contributed by atoms with Crippen LogP contribution in [0.4, 0.5) is 0 Å². The third-order valence-electron chi connectivity index (χ3n) is 3.17. The van der Waals surface area contributed by atoms with E-state index in [1.165, 1.54) is 0 Å². The molecule has 0 aromatic carbocycles. The van der Waals surface area contributed by atoms with Crippen molar-refractivity contribution in [3.63, 3.8) is 0 Å². The van der Waals surface area contributed by atoms with Crippen LogP contribution in [0.15, 0.2) is 10.5 Å². The number of morpholine rings is 1. The van der Waals surface area contributed by atoms with Gasteiger partial charge >= 0.3 is 5.97 Å². The van der Waals surface area contributed by atoms with Crippen molar-refractivity contribution in [2.24, 2.45) is 0 Å². The van der Waals surface area contributed by atoms with E-state index in [1.807, 2.05) is 0 Å². The second-order valence-corrected chi connectivity index (χ2v) is 4.38. The molecule has 1 aliphatic heterocycles. The molecule has 100 valence electrons. The number of hydrogen-bond acceptors (Lipinski definition) is 5. The molecule has 0 spiro atoms. The highest BCUT2D eigenvalue weighted by Crippen LogP contribution is 2.19. The molecule has 1 saturated heterocycles. The molecule has 0 amide bonds. The summed E-state index contributed by atoms with van der Waals surface area (Å²) in [5.74, 6) is -0.503. The van der Waals surface area contributed by atoms with Gasteiger partial charge in [0.1, 0.15) is 5.76 Å². The summed E-state index contributed by atoms with van der Waals surface area (Å²) in [6.45, 7) is 4.19. The van der Waals surface area contributed by atoms with Gasteiger partial charge in [0.05, 0.1) is 25.9 Å². The molecule has 2 N–H and O–H groups in total. The monoisotopic (exact) mass is 255 g/mol. The number of aromatic carboxylic acids is 1. The molecule has 1 atom stereocenters. The summed E-state index contributed by atoms with van der Waals surface area (Å²) in [7, 11) is 0. The van der Waals surface area contributed by atoms with Crippen LogP contribution < -0.4 is 0 Å². The number of carbonyl (C=O) groups is 1. The summed E-state index contributed by atoms with van der Waals surface area (Å²) in [4.78, 5) is 12.9. The number of carboxylic acids is 1. The fourth-order valence-electron chi connectivity index (χ4n) is 2.07. The molecule has 0 aliphatic carbocycles. The van der Waals surface area contributed by atoms with Crippen molar-refractivity contribution in [3.05, 3.63) is 23.2 Å².